The van der Waals surface area contributed by atoms with E-state index < -0.39 is 16.5 Å². The van der Waals surface area contributed by atoms with E-state index in [1.54, 1.807) is 18.3 Å². The maximum absolute atomic E-state index is 10.6. The molecule has 0 spiro atoms. The van der Waals surface area contributed by atoms with Crippen LogP contribution in [0.3, 0.4) is 0 Å². The second-order valence-electron chi connectivity index (χ2n) is 5.10. The van der Waals surface area contributed by atoms with E-state index in [4.69, 9.17) is 4.55 Å². The van der Waals surface area contributed by atoms with Gasteiger partial charge in [0.2, 0.25) is 0 Å². The molecule has 1 heterocycles. The molecule has 2 aromatic rings. The molecule has 1 aromatic carbocycles. The maximum atomic E-state index is 10.6. The molecule has 0 aliphatic rings. The molecular formula is C14H19O4PS2. The van der Waals surface area contributed by atoms with Crippen LogP contribution < -0.4 is 5.30 Å². The van der Waals surface area contributed by atoms with Gasteiger partial charge in [-0.25, -0.2) is 4.18 Å². The molecule has 0 saturated carbocycles. The van der Waals surface area contributed by atoms with E-state index in [0.717, 1.165) is 6.42 Å². The van der Waals surface area contributed by atoms with Crippen LogP contribution in [0.15, 0.2) is 29.6 Å². The standard InChI is InChI=1S/C14H19O4PS2/c1-10(18-21(15,16)17)7-8-11(2)19-13-9-20-14-6-4-3-5-12(13)14/h3-6,9-11,19H,7-8H2,1-2H3,(H,15,16,17)/t10-,11+/m1/s1. The molecule has 0 radical (unpaired) electrons. The Bertz CT molecular complexity index is 696. The van der Waals surface area contributed by atoms with E-state index in [9.17, 15) is 8.42 Å². The normalized spacial score (nSPS) is 15.8. The lowest BCUT2D eigenvalue weighted by Gasteiger charge is -2.14. The summed E-state index contributed by atoms with van der Waals surface area (Å²) in [4.78, 5) is 0. The monoisotopic (exact) mass is 346 g/mol. The fraction of sp³-hybridized carbons (Fsp3) is 0.429. The van der Waals surface area contributed by atoms with Gasteiger partial charge >= 0.3 is 10.4 Å². The molecule has 0 fully saturated rings. The fourth-order valence-electron chi connectivity index (χ4n) is 2.17. The van der Waals surface area contributed by atoms with E-state index in [1.165, 1.54) is 15.4 Å². The Hall–Kier alpha value is -0.520. The van der Waals surface area contributed by atoms with Crippen molar-refractivity contribution in [3.63, 3.8) is 0 Å². The van der Waals surface area contributed by atoms with Crippen LogP contribution in [0.2, 0.25) is 0 Å². The molecule has 7 heteroatoms. The van der Waals surface area contributed by atoms with Crippen molar-refractivity contribution < 1.29 is 17.2 Å². The summed E-state index contributed by atoms with van der Waals surface area (Å²) < 4.78 is 35.7. The average Bonchev–Trinajstić information content (AvgIpc) is 2.78. The van der Waals surface area contributed by atoms with E-state index in [-0.39, 0.29) is 0 Å². The Morgan fingerprint density at radius 2 is 2.00 bits per heavy atom. The minimum Gasteiger partial charge on any atom is -0.264 e. The van der Waals surface area contributed by atoms with Gasteiger partial charge in [0.05, 0.1) is 6.10 Å². The molecule has 1 aromatic heterocycles. The van der Waals surface area contributed by atoms with Crippen molar-refractivity contribution in [1.29, 1.82) is 0 Å². The van der Waals surface area contributed by atoms with Crippen molar-refractivity contribution in [2.45, 2.75) is 38.5 Å². The first kappa shape index (κ1) is 16.8. The van der Waals surface area contributed by atoms with Gasteiger partial charge in [0.15, 0.2) is 0 Å². The highest BCUT2D eigenvalue weighted by Gasteiger charge is 2.14. The van der Waals surface area contributed by atoms with E-state index >= 15 is 0 Å². The second kappa shape index (κ2) is 7.16. The van der Waals surface area contributed by atoms with Gasteiger partial charge in [-0.2, -0.15) is 8.42 Å². The van der Waals surface area contributed by atoms with Crippen LogP contribution in [-0.4, -0.2) is 24.7 Å². The predicted molar refractivity (Wildman–Crippen MR) is 90.6 cm³/mol. The predicted octanol–water partition coefficient (Wildman–Crippen LogP) is 3.58. The minimum atomic E-state index is -4.35. The summed E-state index contributed by atoms with van der Waals surface area (Å²) in [7, 11) is -3.66. The second-order valence-corrected chi connectivity index (χ2v) is 8.87. The van der Waals surface area contributed by atoms with Crippen molar-refractivity contribution in [3.05, 3.63) is 29.6 Å². The fourth-order valence-corrected chi connectivity index (χ4v) is 5.27. The zero-order chi connectivity index (χ0) is 15.5. The van der Waals surface area contributed by atoms with Gasteiger partial charge in [0.25, 0.3) is 0 Å². The zero-order valence-electron chi connectivity index (χ0n) is 11.9. The van der Waals surface area contributed by atoms with Gasteiger partial charge in [-0.05, 0) is 47.6 Å². The summed E-state index contributed by atoms with van der Waals surface area (Å²) in [5.74, 6) is 0. The van der Waals surface area contributed by atoms with E-state index in [0.29, 0.717) is 20.7 Å². The lowest BCUT2D eigenvalue weighted by molar-refractivity contribution is 0.186. The Labute approximate surface area is 131 Å². The summed E-state index contributed by atoms with van der Waals surface area (Å²) in [5.41, 5.74) is 0.454. The van der Waals surface area contributed by atoms with Gasteiger partial charge in [0.1, 0.15) is 0 Å². The van der Waals surface area contributed by atoms with Gasteiger partial charge < -0.3 is 0 Å². The quantitative estimate of drug-likeness (QED) is 0.615. The molecule has 1 N–H and O–H groups in total. The highest BCUT2D eigenvalue weighted by atomic mass is 32.3. The van der Waals surface area contributed by atoms with Gasteiger partial charge in [-0.3, -0.25) is 4.55 Å². The lowest BCUT2D eigenvalue weighted by atomic mass is 10.2. The molecule has 1 unspecified atom stereocenters. The highest BCUT2D eigenvalue weighted by Crippen LogP contribution is 2.30. The van der Waals surface area contributed by atoms with Crippen LogP contribution in [-0.2, 0) is 14.6 Å². The van der Waals surface area contributed by atoms with Crippen molar-refractivity contribution in [2.24, 2.45) is 0 Å². The lowest BCUT2D eigenvalue weighted by Crippen LogP contribution is -2.16. The van der Waals surface area contributed by atoms with Crippen molar-refractivity contribution in [1.82, 2.24) is 0 Å². The third-order valence-electron chi connectivity index (χ3n) is 3.17. The SMILES string of the molecule is C[C@H](CC[C@H](C)Pc1csc2ccccc12)OS(=O)(=O)O. The molecule has 3 atom stereocenters. The van der Waals surface area contributed by atoms with Crippen LogP contribution in [0.25, 0.3) is 10.1 Å². The van der Waals surface area contributed by atoms with Crippen LogP contribution in [0.5, 0.6) is 0 Å². The average molecular weight is 346 g/mol. The molecule has 116 valence electrons. The van der Waals surface area contributed by atoms with Crippen molar-refractivity contribution >= 4 is 45.7 Å². The first-order chi connectivity index (χ1) is 9.85. The van der Waals surface area contributed by atoms with Gasteiger partial charge in [-0.15, -0.1) is 11.3 Å². The molecular weight excluding hydrogens is 327 g/mol. The van der Waals surface area contributed by atoms with Gasteiger partial charge in [-0.1, -0.05) is 33.7 Å². The number of benzene rings is 1. The summed E-state index contributed by atoms with van der Waals surface area (Å²) >= 11 is 1.76. The first-order valence-corrected chi connectivity index (χ1v) is 10.1. The van der Waals surface area contributed by atoms with E-state index in [2.05, 4.69) is 34.7 Å². The molecule has 0 bridgehead atoms. The molecule has 0 aliphatic heterocycles. The summed E-state index contributed by atoms with van der Waals surface area (Å²) in [5, 5.41) is 4.89. The molecule has 0 saturated heterocycles. The van der Waals surface area contributed by atoms with Crippen molar-refractivity contribution in [2.75, 3.05) is 0 Å². The Morgan fingerprint density at radius 3 is 2.71 bits per heavy atom. The first-order valence-electron chi connectivity index (χ1n) is 6.73. The van der Waals surface area contributed by atoms with Crippen LogP contribution in [0.1, 0.15) is 26.7 Å². The smallest absolute Gasteiger partial charge is 0.264 e. The van der Waals surface area contributed by atoms with Crippen LogP contribution in [0, 0.1) is 0 Å². The maximum Gasteiger partial charge on any atom is 0.397 e. The highest BCUT2D eigenvalue weighted by molar-refractivity contribution is 7.80. The Kier molecular flexibility index (Phi) is 5.74. The largest absolute Gasteiger partial charge is 0.397 e. The summed E-state index contributed by atoms with van der Waals surface area (Å²) in [6, 6.07) is 8.37. The van der Waals surface area contributed by atoms with Crippen molar-refractivity contribution in [3.8, 4) is 0 Å². The third-order valence-corrected chi connectivity index (χ3v) is 6.43. The topological polar surface area (TPSA) is 63.6 Å². The molecule has 21 heavy (non-hydrogen) atoms. The molecule has 0 aliphatic carbocycles. The van der Waals surface area contributed by atoms with Crippen LogP contribution in [0.4, 0.5) is 0 Å². The minimum absolute atomic E-state index is 0.454. The third kappa shape index (κ3) is 5.31. The number of hydrogen-bond acceptors (Lipinski definition) is 4. The number of thiophene rings is 1. The van der Waals surface area contributed by atoms with Crippen LogP contribution >= 0.6 is 19.9 Å². The Balaban J connectivity index is 1.89. The molecule has 2 rings (SSSR count). The summed E-state index contributed by atoms with van der Waals surface area (Å²) in [6.45, 7) is 3.81. The number of fused-ring (bicyclic) bond motifs is 1. The van der Waals surface area contributed by atoms with Gasteiger partial charge in [0, 0.05) is 4.70 Å². The zero-order valence-corrected chi connectivity index (χ0v) is 14.6. The molecule has 0 amide bonds. The number of hydrogen-bond donors (Lipinski definition) is 1. The number of rotatable bonds is 7. The van der Waals surface area contributed by atoms with E-state index in [1.807, 2.05) is 6.07 Å². The molecule has 4 nitrogen and oxygen atoms in total. The summed E-state index contributed by atoms with van der Waals surface area (Å²) in [6.07, 6.45) is 0.974. The Morgan fingerprint density at radius 1 is 1.29 bits per heavy atom.